The summed E-state index contributed by atoms with van der Waals surface area (Å²) in [5, 5.41) is 2.62. The van der Waals surface area contributed by atoms with Crippen molar-refractivity contribution in [3.05, 3.63) is 42.0 Å². The number of amides is 1. The number of nitrogens with zero attached hydrogens (tertiary/aromatic N) is 2. The van der Waals surface area contributed by atoms with Gasteiger partial charge >= 0.3 is 0 Å². The number of anilines is 1. The first kappa shape index (κ1) is 17.3. The van der Waals surface area contributed by atoms with E-state index in [0.717, 1.165) is 12.8 Å². The summed E-state index contributed by atoms with van der Waals surface area (Å²) in [6, 6.07) is 4.29. The van der Waals surface area contributed by atoms with Crippen LogP contribution in [0.4, 0.5) is 5.69 Å². The molecule has 0 unspecified atom stereocenters. The third-order valence-corrected chi connectivity index (χ3v) is 5.16. The van der Waals surface area contributed by atoms with Gasteiger partial charge in [-0.2, -0.15) is 0 Å². The van der Waals surface area contributed by atoms with Crippen LogP contribution in [0.15, 0.2) is 35.5 Å². The number of hydrogen-bond acceptors (Lipinski definition) is 6. The second-order valence-corrected chi connectivity index (χ2v) is 7.47. The van der Waals surface area contributed by atoms with Crippen LogP contribution in [0.5, 0.6) is 5.75 Å². The molecule has 0 radical (unpaired) electrons. The lowest BCUT2D eigenvalue weighted by atomic mass is 10.2. The average molecular weight is 362 g/mol. The van der Waals surface area contributed by atoms with Crippen molar-refractivity contribution in [1.29, 1.82) is 0 Å². The summed E-state index contributed by atoms with van der Waals surface area (Å²) in [4.78, 5) is 20.4. The van der Waals surface area contributed by atoms with E-state index >= 15 is 0 Å². The zero-order valence-corrected chi connectivity index (χ0v) is 14.6. The van der Waals surface area contributed by atoms with Gasteiger partial charge in [0, 0.05) is 12.2 Å². The van der Waals surface area contributed by atoms with Crippen molar-refractivity contribution in [1.82, 2.24) is 14.7 Å². The Morgan fingerprint density at radius 3 is 2.60 bits per heavy atom. The Bertz CT molecular complexity index is 893. The van der Waals surface area contributed by atoms with Crippen LogP contribution in [0, 0.1) is 6.92 Å². The molecule has 132 valence electrons. The van der Waals surface area contributed by atoms with Crippen molar-refractivity contribution >= 4 is 21.6 Å². The van der Waals surface area contributed by atoms with Crippen LogP contribution in [-0.4, -0.2) is 37.4 Å². The fourth-order valence-electron chi connectivity index (χ4n) is 2.14. The van der Waals surface area contributed by atoms with Gasteiger partial charge in [0.25, 0.3) is 5.91 Å². The largest absolute Gasteiger partial charge is 0.495 e. The molecule has 25 heavy (non-hydrogen) atoms. The van der Waals surface area contributed by atoms with E-state index in [9.17, 15) is 13.2 Å². The molecule has 2 aromatic rings. The fourth-order valence-corrected chi connectivity index (χ4v) is 3.47. The second-order valence-electron chi connectivity index (χ2n) is 5.75. The molecule has 3 rings (SSSR count). The van der Waals surface area contributed by atoms with Crippen molar-refractivity contribution in [2.45, 2.75) is 30.7 Å². The van der Waals surface area contributed by atoms with E-state index in [-0.39, 0.29) is 22.3 Å². The van der Waals surface area contributed by atoms with Gasteiger partial charge in [-0.3, -0.25) is 9.78 Å². The first-order chi connectivity index (χ1) is 11.9. The van der Waals surface area contributed by atoms with Crippen LogP contribution in [0.25, 0.3) is 0 Å². The first-order valence-corrected chi connectivity index (χ1v) is 9.18. The maximum atomic E-state index is 12.3. The molecule has 1 saturated carbocycles. The molecule has 8 nitrogen and oxygen atoms in total. The Morgan fingerprint density at radius 1 is 1.24 bits per heavy atom. The van der Waals surface area contributed by atoms with Crippen molar-refractivity contribution in [2.75, 3.05) is 12.4 Å². The number of carbonyl (C=O) groups excluding carboxylic acids is 1. The maximum absolute atomic E-state index is 12.3. The Kier molecular flexibility index (Phi) is 4.69. The maximum Gasteiger partial charge on any atom is 0.275 e. The van der Waals surface area contributed by atoms with Gasteiger partial charge in [0.05, 0.1) is 29.6 Å². The van der Waals surface area contributed by atoms with Crippen LogP contribution < -0.4 is 14.8 Å². The third kappa shape index (κ3) is 4.12. The van der Waals surface area contributed by atoms with E-state index in [0.29, 0.717) is 11.4 Å². The van der Waals surface area contributed by atoms with E-state index in [1.807, 2.05) is 0 Å². The lowest BCUT2D eigenvalue weighted by Crippen LogP contribution is -2.26. The minimum atomic E-state index is -3.64. The first-order valence-electron chi connectivity index (χ1n) is 7.69. The van der Waals surface area contributed by atoms with Crippen LogP contribution in [-0.2, 0) is 10.0 Å². The SMILES string of the molecule is COc1ccc(S(=O)(=O)NC2CC2)cc1NC(=O)c1cnc(C)cn1. The number of aromatic nitrogens is 2. The second kappa shape index (κ2) is 6.77. The Balaban J connectivity index is 1.87. The van der Waals surface area contributed by atoms with Crippen LogP contribution in [0.1, 0.15) is 29.0 Å². The van der Waals surface area contributed by atoms with E-state index in [1.54, 1.807) is 6.92 Å². The highest BCUT2D eigenvalue weighted by Crippen LogP contribution is 2.29. The molecule has 0 atom stereocenters. The van der Waals surface area contributed by atoms with Gasteiger partial charge in [-0.15, -0.1) is 0 Å². The summed E-state index contributed by atoms with van der Waals surface area (Å²) < 4.78 is 32.5. The molecule has 1 amide bonds. The Hall–Kier alpha value is -2.52. The van der Waals surface area contributed by atoms with Crippen LogP contribution >= 0.6 is 0 Å². The number of ether oxygens (including phenoxy) is 1. The van der Waals surface area contributed by atoms with Gasteiger partial charge in [0.1, 0.15) is 11.4 Å². The monoisotopic (exact) mass is 362 g/mol. The van der Waals surface area contributed by atoms with Gasteiger partial charge in [-0.1, -0.05) is 0 Å². The normalized spacial score (nSPS) is 14.2. The van der Waals surface area contributed by atoms with E-state index in [1.165, 1.54) is 37.7 Å². The molecule has 1 aromatic carbocycles. The van der Waals surface area contributed by atoms with Gasteiger partial charge in [0.2, 0.25) is 10.0 Å². The summed E-state index contributed by atoms with van der Waals surface area (Å²) in [5.41, 5.74) is 1.05. The van der Waals surface area contributed by atoms with Crippen molar-refractivity contribution < 1.29 is 17.9 Å². The number of hydrogen-bond donors (Lipinski definition) is 2. The number of carbonyl (C=O) groups is 1. The highest BCUT2D eigenvalue weighted by atomic mass is 32.2. The number of rotatable bonds is 6. The lowest BCUT2D eigenvalue weighted by molar-refractivity contribution is 0.102. The van der Waals surface area contributed by atoms with Crippen molar-refractivity contribution in [3.63, 3.8) is 0 Å². The predicted molar refractivity (Wildman–Crippen MR) is 91.1 cm³/mol. The van der Waals surface area contributed by atoms with Crippen LogP contribution in [0.2, 0.25) is 0 Å². The van der Waals surface area contributed by atoms with Gasteiger partial charge < -0.3 is 10.1 Å². The average Bonchev–Trinajstić information content (AvgIpc) is 3.38. The molecule has 1 aliphatic rings. The topological polar surface area (TPSA) is 110 Å². The summed E-state index contributed by atoms with van der Waals surface area (Å²) in [5.74, 6) is -0.158. The van der Waals surface area contributed by atoms with Gasteiger partial charge in [-0.05, 0) is 38.0 Å². The number of benzene rings is 1. The molecule has 1 aliphatic carbocycles. The fraction of sp³-hybridized carbons (Fsp3) is 0.312. The van der Waals surface area contributed by atoms with Gasteiger partial charge in [0.15, 0.2) is 0 Å². The zero-order valence-electron chi connectivity index (χ0n) is 13.8. The predicted octanol–water partition coefficient (Wildman–Crippen LogP) is 1.49. The summed E-state index contributed by atoms with van der Waals surface area (Å²) >= 11 is 0. The van der Waals surface area contributed by atoms with Crippen molar-refractivity contribution in [3.8, 4) is 5.75 Å². The summed E-state index contributed by atoms with van der Waals surface area (Å²) in [6.07, 6.45) is 4.51. The minimum absolute atomic E-state index is 0.00650. The molecule has 0 bridgehead atoms. The summed E-state index contributed by atoms with van der Waals surface area (Å²) in [6.45, 7) is 1.76. The molecule has 9 heteroatoms. The number of nitrogens with one attached hydrogen (secondary N) is 2. The molecule has 2 N–H and O–H groups in total. The zero-order chi connectivity index (χ0) is 18.0. The molecular weight excluding hydrogens is 344 g/mol. The molecule has 0 spiro atoms. The number of sulfonamides is 1. The quantitative estimate of drug-likeness (QED) is 0.805. The minimum Gasteiger partial charge on any atom is -0.495 e. The van der Waals surface area contributed by atoms with Crippen LogP contribution in [0.3, 0.4) is 0 Å². The highest BCUT2D eigenvalue weighted by molar-refractivity contribution is 7.89. The van der Waals surface area contributed by atoms with Crippen molar-refractivity contribution in [2.24, 2.45) is 0 Å². The molecule has 1 heterocycles. The Morgan fingerprint density at radius 2 is 2.00 bits per heavy atom. The van der Waals surface area contributed by atoms with E-state index in [2.05, 4.69) is 20.0 Å². The number of methoxy groups -OCH3 is 1. The summed E-state index contributed by atoms with van der Waals surface area (Å²) in [7, 11) is -2.20. The van der Waals surface area contributed by atoms with E-state index in [4.69, 9.17) is 4.74 Å². The molecule has 0 aliphatic heterocycles. The molecule has 1 fully saturated rings. The van der Waals surface area contributed by atoms with E-state index < -0.39 is 15.9 Å². The standard InChI is InChI=1S/C16H18N4O4S/c1-10-8-18-14(9-17-10)16(21)19-13-7-12(5-6-15(13)24-2)25(22,23)20-11-3-4-11/h5-9,11,20H,3-4H2,1-2H3,(H,19,21). The smallest absolute Gasteiger partial charge is 0.275 e. The lowest BCUT2D eigenvalue weighted by Gasteiger charge is -2.12. The number of aryl methyl sites for hydroxylation is 1. The third-order valence-electron chi connectivity index (χ3n) is 3.64. The van der Waals surface area contributed by atoms with Gasteiger partial charge in [-0.25, -0.2) is 18.1 Å². The Labute approximate surface area is 145 Å². The molecule has 0 saturated heterocycles. The molecular formula is C16H18N4O4S. The molecule has 1 aromatic heterocycles. The highest BCUT2D eigenvalue weighted by Gasteiger charge is 2.28.